The van der Waals surface area contributed by atoms with E-state index in [9.17, 15) is 19.8 Å². The van der Waals surface area contributed by atoms with Crippen LogP contribution in [-0.4, -0.2) is 47.3 Å². The van der Waals surface area contributed by atoms with Gasteiger partial charge in [0.05, 0.1) is 29.2 Å². The number of aliphatic carboxylic acids is 1. The zero-order valence-corrected chi connectivity index (χ0v) is 24.1. The van der Waals surface area contributed by atoms with Crippen LogP contribution in [0.3, 0.4) is 0 Å². The van der Waals surface area contributed by atoms with E-state index in [0.29, 0.717) is 47.2 Å². The van der Waals surface area contributed by atoms with Crippen molar-refractivity contribution in [1.29, 1.82) is 0 Å². The Morgan fingerprint density at radius 1 is 1.12 bits per heavy atom. The van der Waals surface area contributed by atoms with E-state index in [2.05, 4.69) is 0 Å². The quantitative estimate of drug-likeness (QED) is 0.315. The van der Waals surface area contributed by atoms with Crippen LogP contribution in [-0.2, 0) is 25.6 Å². The summed E-state index contributed by atoms with van der Waals surface area (Å²) in [7, 11) is 1.34. The third-order valence-corrected chi connectivity index (χ3v) is 8.79. The van der Waals surface area contributed by atoms with Crippen LogP contribution in [0.15, 0.2) is 60.7 Å². The Kier molecular flexibility index (Phi) is 8.16. The second-order valence-corrected chi connectivity index (χ2v) is 11.5. The van der Waals surface area contributed by atoms with Gasteiger partial charge in [0, 0.05) is 35.9 Å². The average Bonchev–Trinajstić information content (AvgIpc) is 3.22. The van der Waals surface area contributed by atoms with Crippen LogP contribution in [0.1, 0.15) is 64.8 Å². The van der Waals surface area contributed by atoms with E-state index in [1.54, 1.807) is 55.5 Å². The van der Waals surface area contributed by atoms with Crippen LogP contribution in [0.2, 0.25) is 10.0 Å². The lowest BCUT2D eigenvalue weighted by atomic mass is 9.77. The van der Waals surface area contributed by atoms with Crippen LogP contribution in [0.25, 0.3) is 0 Å². The predicted octanol–water partition coefficient (Wildman–Crippen LogP) is 6.29. The van der Waals surface area contributed by atoms with Gasteiger partial charge >= 0.3 is 5.97 Å². The zero-order valence-electron chi connectivity index (χ0n) is 22.6. The van der Waals surface area contributed by atoms with Crippen molar-refractivity contribution in [3.8, 4) is 0 Å². The molecule has 0 bridgehead atoms. The number of hydrogen-bond acceptors (Lipinski definition) is 5. The van der Waals surface area contributed by atoms with Crippen LogP contribution in [0, 0.1) is 11.7 Å². The normalized spacial score (nSPS) is 21.4. The number of ether oxygens (including phenoxy) is 2. The molecule has 0 aromatic heterocycles. The van der Waals surface area contributed by atoms with Gasteiger partial charge < -0.3 is 19.7 Å². The Balaban J connectivity index is 1.75. The Morgan fingerprint density at radius 2 is 1.71 bits per heavy atom. The van der Waals surface area contributed by atoms with Crippen molar-refractivity contribution in [2.75, 3.05) is 20.3 Å². The molecule has 2 N–H and O–H groups in total. The Morgan fingerprint density at radius 3 is 2.27 bits per heavy atom. The first-order valence-corrected chi connectivity index (χ1v) is 14.0. The molecule has 7 nitrogen and oxygen atoms in total. The van der Waals surface area contributed by atoms with Gasteiger partial charge in [-0.05, 0) is 73.2 Å². The van der Waals surface area contributed by atoms with E-state index in [1.807, 2.05) is 0 Å². The Bertz CT molecular complexity index is 1460. The number of methoxy groups -OCH3 is 1. The zero-order chi connectivity index (χ0) is 29.5. The summed E-state index contributed by atoms with van der Waals surface area (Å²) in [5, 5.41) is 22.4. The molecular formula is C31H30Cl2FNO6. The van der Waals surface area contributed by atoms with E-state index < -0.39 is 41.5 Å². The first-order valence-electron chi connectivity index (χ1n) is 13.3. The lowest BCUT2D eigenvalue weighted by molar-refractivity contribution is -0.142. The molecule has 0 saturated carbocycles. The highest BCUT2D eigenvalue weighted by molar-refractivity contribution is 6.30. The molecule has 2 unspecified atom stereocenters. The third kappa shape index (κ3) is 5.13. The van der Waals surface area contributed by atoms with E-state index in [-0.39, 0.29) is 22.6 Å². The fourth-order valence-corrected chi connectivity index (χ4v) is 6.40. The molecule has 1 saturated heterocycles. The maximum absolute atomic E-state index is 16.5. The molecule has 1 amide bonds. The summed E-state index contributed by atoms with van der Waals surface area (Å²) in [5.41, 5.74) is -2.27. The maximum Gasteiger partial charge on any atom is 0.305 e. The predicted molar refractivity (Wildman–Crippen MR) is 151 cm³/mol. The molecule has 1 fully saturated rings. The number of hydrogen-bond donors (Lipinski definition) is 2. The summed E-state index contributed by atoms with van der Waals surface area (Å²) in [6.07, 6.45) is 0.667. The number of carbonyl (C=O) groups is 2. The van der Waals surface area contributed by atoms with Gasteiger partial charge in [0.2, 0.25) is 0 Å². The average molecular weight is 602 g/mol. The fourth-order valence-electron chi connectivity index (χ4n) is 6.15. The summed E-state index contributed by atoms with van der Waals surface area (Å²) in [5.74, 6) is -2.78. The highest BCUT2D eigenvalue weighted by atomic mass is 35.5. The molecule has 3 atom stereocenters. The second kappa shape index (κ2) is 11.3. The van der Waals surface area contributed by atoms with Crippen molar-refractivity contribution >= 4 is 35.1 Å². The van der Waals surface area contributed by atoms with Crippen LogP contribution < -0.4 is 0 Å². The Hall–Kier alpha value is -3.01. The second-order valence-electron chi connectivity index (χ2n) is 10.6. The van der Waals surface area contributed by atoms with Gasteiger partial charge in [0.15, 0.2) is 5.72 Å². The summed E-state index contributed by atoms with van der Waals surface area (Å²) >= 11 is 12.3. The van der Waals surface area contributed by atoms with Crippen LogP contribution in [0.5, 0.6) is 0 Å². The highest BCUT2D eigenvalue weighted by Gasteiger charge is 2.57. The molecule has 2 aliphatic rings. The summed E-state index contributed by atoms with van der Waals surface area (Å²) in [4.78, 5) is 27.8. The Labute approximate surface area is 247 Å². The largest absolute Gasteiger partial charge is 0.481 e. The van der Waals surface area contributed by atoms with E-state index >= 15 is 4.39 Å². The molecular weight excluding hydrogens is 572 g/mol. The molecule has 10 heteroatoms. The van der Waals surface area contributed by atoms with Crippen molar-refractivity contribution in [1.82, 2.24) is 4.90 Å². The van der Waals surface area contributed by atoms with Gasteiger partial charge in [-0.15, -0.1) is 0 Å². The van der Waals surface area contributed by atoms with Crippen molar-refractivity contribution in [2.45, 2.75) is 43.6 Å². The number of carboxylic acids is 1. The number of aliphatic hydroxyl groups is 1. The van der Waals surface area contributed by atoms with Crippen LogP contribution >= 0.6 is 23.2 Å². The smallest absolute Gasteiger partial charge is 0.305 e. The maximum atomic E-state index is 16.5. The summed E-state index contributed by atoms with van der Waals surface area (Å²) < 4.78 is 28.0. The molecule has 0 radical (unpaired) electrons. The van der Waals surface area contributed by atoms with E-state index in [4.69, 9.17) is 32.7 Å². The van der Waals surface area contributed by atoms with E-state index in [1.165, 1.54) is 24.1 Å². The minimum atomic E-state index is -1.84. The molecule has 0 spiro atoms. The number of halogens is 3. The molecule has 2 heterocycles. The van der Waals surface area contributed by atoms with Crippen molar-refractivity contribution in [2.24, 2.45) is 5.92 Å². The number of carboxylic acid groups (broad SMARTS) is 1. The number of benzene rings is 3. The molecule has 2 aliphatic heterocycles. The van der Waals surface area contributed by atoms with E-state index in [0.717, 1.165) is 0 Å². The first-order chi connectivity index (χ1) is 19.5. The van der Waals surface area contributed by atoms with Gasteiger partial charge in [-0.25, -0.2) is 4.39 Å². The molecule has 3 aromatic rings. The van der Waals surface area contributed by atoms with Crippen molar-refractivity contribution in [3.63, 3.8) is 0 Å². The number of nitrogens with zero attached hydrogens (tertiary/aromatic N) is 1. The summed E-state index contributed by atoms with van der Waals surface area (Å²) in [6, 6.07) is 14.5. The first kappa shape index (κ1) is 29.5. The van der Waals surface area contributed by atoms with Crippen molar-refractivity contribution in [3.05, 3.63) is 104 Å². The van der Waals surface area contributed by atoms with Crippen molar-refractivity contribution < 1.29 is 33.7 Å². The SMILES string of the molecule is CO[C@]1(c2ccc(Cl)cc2)c2c(F)cc(C(C)(O)C3CCOCC3)cc2C(=O)N1C(CC(=O)O)c1ccc(Cl)cc1. The molecule has 41 heavy (non-hydrogen) atoms. The third-order valence-electron chi connectivity index (χ3n) is 8.28. The number of carbonyl (C=O) groups excluding carboxylic acids is 1. The minimum Gasteiger partial charge on any atom is -0.481 e. The molecule has 216 valence electrons. The monoisotopic (exact) mass is 601 g/mol. The number of fused-ring (bicyclic) bond motifs is 1. The topological polar surface area (TPSA) is 96.3 Å². The lowest BCUT2D eigenvalue weighted by Gasteiger charge is -2.42. The van der Waals surface area contributed by atoms with Gasteiger partial charge in [-0.2, -0.15) is 0 Å². The molecule has 0 aliphatic carbocycles. The lowest BCUT2D eigenvalue weighted by Crippen LogP contribution is -2.49. The van der Waals surface area contributed by atoms with Gasteiger partial charge in [-0.3, -0.25) is 14.5 Å². The number of amides is 1. The fraction of sp³-hybridized carbons (Fsp3) is 0.355. The van der Waals surface area contributed by atoms with Crippen LogP contribution in [0.4, 0.5) is 4.39 Å². The van der Waals surface area contributed by atoms with Gasteiger partial charge in [0.1, 0.15) is 5.82 Å². The van der Waals surface area contributed by atoms with Gasteiger partial charge in [-0.1, -0.05) is 47.5 Å². The summed E-state index contributed by atoms with van der Waals surface area (Å²) in [6.45, 7) is 2.57. The molecule has 3 aromatic carbocycles. The standard InChI is InChI=1S/C31H30Cl2FNO6/c1-30(39,19-11-13-41-14-12-19)21-15-24-28(25(34)16-21)31(40-2,20-5-9-23(33)10-6-20)35(29(24)38)26(17-27(36)37)18-3-7-22(32)8-4-18/h3-10,15-16,19,26,39H,11-14,17H2,1-2H3,(H,36,37)/t26?,30?,31-/m1/s1. The van der Waals surface area contributed by atoms with Gasteiger partial charge in [0.25, 0.3) is 5.91 Å². The minimum absolute atomic E-state index is 0.0199. The number of rotatable bonds is 8. The highest BCUT2D eigenvalue weighted by Crippen LogP contribution is 2.52. The molecule has 5 rings (SSSR count).